The summed E-state index contributed by atoms with van der Waals surface area (Å²) >= 11 is 18.8. The summed E-state index contributed by atoms with van der Waals surface area (Å²) in [6, 6.07) is 5.62. The normalized spacial score (nSPS) is 17.5. The molecule has 1 aliphatic rings. The fraction of sp³-hybridized carbons (Fsp3) is 0.438. The van der Waals surface area contributed by atoms with Crippen LogP contribution in [0.5, 0.6) is 0 Å². The SMILES string of the molecule is N=C(SCC(=O)NC[C@H]1CN(Cc2ccc(Cl)c(Cl)c2)CCO1)SC(N)=S. The minimum atomic E-state index is -0.154. The molecule has 0 aromatic heterocycles. The first-order chi connectivity index (χ1) is 12.8. The van der Waals surface area contributed by atoms with Gasteiger partial charge in [0.25, 0.3) is 0 Å². The molecule has 0 saturated carbocycles. The predicted octanol–water partition coefficient (Wildman–Crippen LogP) is 2.96. The average Bonchev–Trinajstić information content (AvgIpc) is 2.61. The van der Waals surface area contributed by atoms with Crippen LogP contribution < -0.4 is 11.1 Å². The Balaban J connectivity index is 1.72. The second-order valence-electron chi connectivity index (χ2n) is 5.78. The molecule has 27 heavy (non-hydrogen) atoms. The van der Waals surface area contributed by atoms with Gasteiger partial charge in [0.15, 0.2) is 0 Å². The number of carbonyl (C=O) groups is 1. The Morgan fingerprint density at radius 2 is 2.22 bits per heavy atom. The van der Waals surface area contributed by atoms with Crippen LogP contribution in [0.3, 0.4) is 0 Å². The van der Waals surface area contributed by atoms with E-state index in [1.54, 1.807) is 6.07 Å². The summed E-state index contributed by atoms with van der Waals surface area (Å²) in [6.07, 6.45) is -0.0825. The number of nitrogens with one attached hydrogen (secondary N) is 2. The number of amides is 1. The van der Waals surface area contributed by atoms with E-state index in [0.29, 0.717) is 29.7 Å². The Morgan fingerprint density at radius 1 is 1.44 bits per heavy atom. The lowest BCUT2D eigenvalue weighted by molar-refractivity contribution is -0.119. The van der Waals surface area contributed by atoms with Gasteiger partial charge >= 0.3 is 0 Å². The van der Waals surface area contributed by atoms with Crippen LogP contribution in [0.1, 0.15) is 5.56 Å². The van der Waals surface area contributed by atoms with Crippen molar-refractivity contribution in [1.82, 2.24) is 10.2 Å². The highest BCUT2D eigenvalue weighted by atomic mass is 35.5. The van der Waals surface area contributed by atoms with Crippen molar-refractivity contribution >= 4 is 73.5 Å². The lowest BCUT2D eigenvalue weighted by Crippen LogP contribution is -2.47. The van der Waals surface area contributed by atoms with Crippen LogP contribution in [0.15, 0.2) is 18.2 Å². The molecule has 4 N–H and O–H groups in total. The molecule has 0 spiro atoms. The molecule has 1 aromatic rings. The quantitative estimate of drug-likeness (QED) is 0.337. The fourth-order valence-corrected chi connectivity index (χ4v) is 4.43. The third-order valence-corrected chi connectivity index (χ3v) is 6.32. The number of thioether (sulfide) groups is 2. The number of ether oxygens (including phenoxy) is 1. The second-order valence-corrected chi connectivity index (χ2v) is 9.59. The van der Waals surface area contributed by atoms with Gasteiger partial charge in [-0.1, -0.05) is 53.2 Å². The zero-order valence-corrected chi connectivity index (χ0v) is 18.3. The number of hydrogen-bond donors (Lipinski definition) is 3. The van der Waals surface area contributed by atoms with E-state index in [2.05, 4.69) is 10.2 Å². The van der Waals surface area contributed by atoms with E-state index in [9.17, 15) is 4.79 Å². The molecule has 11 heteroatoms. The van der Waals surface area contributed by atoms with E-state index in [4.69, 9.17) is 51.3 Å². The molecule has 0 bridgehead atoms. The maximum Gasteiger partial charge on any atom is 0.230 e. The molecule has 1 amide bonds. The van der Waals surface area contributed by atoms with Crippen molar-refractivity contribution in [2.24, 2.45) is 5.73 Å². The first-order valence-corrected chi connectivity index (χ1v) is 11.0. The number of benzene rings is 1. The fourth-order valence-electron chi connectivity index (χ4n) is 2.47. The van der Waals surface area contributed by atoms with Crippen LogP contribution in [0, 0.1) is 5.41 Å². The number of hydrogen-bond acceptors (Lipinski definition) is 7. The van der Waals surface area contributed by atoms with Crippen molar-refractivity contribution in [3.05, 3.63) is 33.8 Å². The third kappa shape index (κ3) is 8.55. The van der Waals surface area contributed by atoms with Gasteiger partial charge in [0.2, 0.25) is 5.91 Å². The lowest BCUT2D eigenvalue weighted by Gasteiger charge is -2.33. The van der Waals surface area contributed by atoms with Crippen molar-refractivity contribution in [3.8, 4) is 0 Å². The standard InChI is InChI=1S/C16H20Cl2N4O2S3/c17-12-2-1-10(5-13(12)18)7-22-3-4-24-11(8-22)6-21-14(23)9-26-16(20)27-15(19)25/h1-2,5,11,20H,3-4,6-9H2,(H2,19,25)(H,21,23)/t11-/m0/s1. The highest BCUT2D eigenvalue weighted by molar-refractivity contribution is 8.47. The van der Waals surface area contributed by atoms with Gasteiger partial charge in [-0.3, -0.25) is 15.1 Å². The molecule has 1 aromatic carbocycles. The van der Waals surface area contributed by atoms with Gasteiger partial charge < -0.3 is 15.8 Å². The molecule has 2 rings (SSSR count). The number of rotatable bonds is 6. The van der Waals surface area contributed by atoms with E-state index in [-0.39, 0.29) is 26.5 Å². The molecule has 1 heterocycles. The Bertz CT molecular complexity index is 708. The molecule has 1 aliphatic heterocycles. The van der Waals surface area contributed by atoms with Crippen LogP contribution >= 0.6 is 58.9 Å². The Hall–Kier alpha value is -0.550. The van der Waals surface area contributed by atoms with E-state index >= 15 is 0 Å². The molecule has 1 fully saturated rings. The average molecular weight is 467 g/mol. The molecule has 148 valence electrons. The van der Waals surface area contributed by atoms with Crippen LogP contribution in [-0.4, -0.2) is 57.6 Å². The molecule has 1 saturated heterocycles. The van der Waals surface area contributed by atoms with Crippen molar-refractivity contribution in [1.29, 1.82) is 5.41 Å². The molecule has 0 radical (unpaired) electrons. The van der Waals surface area contributed by atoms with Crippen LogP contribution in [0.2, 0.25) is 10.0 Å². The van der Waals surface area contributed by atoms with Gasteiger partial charge in [0, 0.05) is 26.2 Å². The minimum Gasteiger partial charge on any atom is -0.384 e. The molecule has 6 nitrogen and oxygen atoms in total. The third-order valence-electron chi connectivity index (χ3n) is 3.67. The number of nitrogens with two attached hydrogens (primary N) is 1. The van der Waals surface area contributed by atoms with Crippen molar-refractivity contribution < 1.29 is 9.53 Å². The summed E-state index contributed by atoms with van der Waals surface area (Å²) in [5.41, 5.74) is 6.43. The van der Waals surface area contributed by atoms with Crippen molar-refractivity contribution in [2.75, 3.05) is 32.0 Å². The summed E-state index contributed by atoms with van der Waals surface area (Å²) in [5, 5.41) is 11.6. The van der Waals surface area contributed by atoms with Crippen LogP contribution in [0.4, 0.5) is 0 Å². The predicted molar refractivity (Wildman–Crippen MR) is 119 cm³/mol. The van der Waals surface area contributed by atoms with Crippen LogP contribution in [-0.2, 0) is 16.1 Å². The van der Waals surface area contributed by atoms with Gasteiger partial charge in [-0.25, -0.2) is 0 Å². The maximum atomic E-state index is 11.9. The second kappa shape index (κ2) is 11.5. The van der Waals surface area contributed by atoms with E-state index < -0.39 is 0 Å². The van der Waals surface area contributed by atoms with Crippen molar-refractivity contribution in [3.63, 3.8) is 0 Å². The van der Waals surface area contributed by atoms with E-state index in [1.807, 2.05) is 12.1 Å². The van der Waals surface area contributed by atoms with Gasteiger partial charge in [-0.15, -0.1) is 0 Å². The Kier molecular flexibility index (Phi) is 9.64. The lowest BCUT2D eigenvalue weighted by atomic mass is 10.2. The number of halogens is 2. The monoisotopic (exact) mass is 466 g/mol. The molecule has 0 aliphatic carbocycles. The van der Waals surface area contributed by atoms with E-state index in [1.165, 1.54) is 0 Å². The number of morpholine rings is 1. The van der Waals surface area contributed by atoms with E-state index in [0.717, 1.165) is 42.2 Å². The summed E-state index contributed by atoms with van der Waals surface area (Å²) in [7, 11) is 0. The summed E-state index contributed by atoms with van der Waals surface area (Å²) < 4.78 is 6.11. The summed E-state index contributed by atoms with van der Waals surface area (Å²) in [4.78, 5) is 14.2. The molecule has 0 unspecified atom stereocenters. The van der Waals surface area contributed by atoms with Gasteiger partial charge in [0.1, 0.15) is 8.70 Å². The molecular weight excluding hydrogens is 447 g/mol. The van der Waals surface area contributed by atoms with Crippen LogP contribution in [0.25, 0.3) is 0 Å². The highest BCUT2D eigenvalue weighted by Crippen LogP contribution is 2.23. The minimum absolute atomic E-state index is 0.0825. The van der Waals surface area contributed by atoms with Gasteiger partial charge in [-0.05, 0) is 29.5 Å². The largest absolute Gasteiger partial charge is 0.384 e. The Labute approximate surface area is 182 Å². The molecular formula is C16H20Cl2N4O2S3. The first-order valence-electron chi connectivity index (χ1n) is 8.06. The zero-order valence-electron chi connectivity index (χ0n) is 14.4. The van der Waals surface area contributed by atoms with Gasteiger partial charge in [0.05, 0.1) is 28.5 Å². The van der Waals surface area contributed by atoms with Gasteiger partial charge in [-0.2, -0.15) is 0 Å². The first kappa shape index (κ1) is 22.7. The summed E-state index contributed by atoms with van der Waals surface area (Å²) in [5.74, 6) is -0.00719. The zero-order chi connectivity index (χ0) is 19.8. The Morgan fingerprint density at radius 3 is 2.93 bits per heavy atom. The molecule has 1 atom stereocenters. The highest BCUT2D eigenvalue weighted by Gasteiger charge is 2.21. The van der Waals surface area contributed by atoms with Crippen molar-refractivity contribution in [2.45, 2.75) is 12.6 Å². The number of thiocarbonyl (C=S) groups is 1. The maximum absolute atomic E-state index is 11.9. The summed E-state index contributed by atoms with van der Waals surface area (Å²) in [6.45, 7) is 3.29. The smallest absolute Gasteiger partial charge is 0.230 e. The topological polar surface area (TPSA) is 91.4 Å². The number of carbonyl (C=O) groups excluding carboxylic acids is 1. The number of nitrogens with zero attached hydrogens (tertiary/aromatic N) is 1.